The molecule has 1 heterocycles. The van der Waals surface area contributed by atoms with Crippen molar-refractivity contribution >= 4 is 14.2 Å². The lowest BCUT2D eigenvalue weighted by atomic mass is 10.1. The van der Waals surface area contributed by atoms with E-state index >= 15 is 0 Å². The number of nitrogens with zero attached hydrogens (tertiary/aromatic N) is 2. The van der Waals surface area contributed by atoms with Crippen LogP contribution in [0.15, 0.2) is 18.2 Å². The summed E-state index contributed by atoms with van der Waals surface area (Å²) in [4.78, 5) is 2.32. The van der Waals surface area contributed by atoms with Crippen molar-refractivity contribution < 1.29 is 8.88 Å². The van der Waals surface area contributed by atoms with E-state index in [1.165, 1.54) is 0 Å². The maximum Gasteiger partial charge on any atom is 0.579 e. The van der Waals surface area contributed by atoms with Crippen LogP contribution < -0.4 is 0 Å². The minimum atomic E-state index is -0.110. The molecule has 2 radical (unpaired) electrons. The van der Waals surface area contributed by atoms with Crippen molar-refractivity contribution in [2.75, 3.05) is 26.2 Å². The fraction of sp³-hybridized carbons (Fsp3) is 0.462. The molecule has 0 saturated carbocycles. The second kappa shape index (κ2) is 5.45. The van der Waals surface area contributed by atoms with E-state index in [4.69, 9.17) is 7.98 Å². The highest BCUT2D eigenvalue weighted by Crippen LogP contribution is 2.10. The van der Waals surface area contributed by atoms with E-state index in [9.17, 15) is 4.39 Å². The Morgan fingerprint density at radius 3 is 2.94 bits per heavy atom. The maximum atomic E-state index is 13.4. The fourth-order valence-electron chi connectivity index (χ4n) is 1.94. The second-order valence-corrected chi connectivity index (χ2v) is 4.55. The SMILES string of the molecule is [B][N+]1=CCN(CCc2ccc(C)c(F)c2)CC1. The Bertz CT molecular complexity index is 431. The van der Waals surface area contributed by atoms with Gasteiger partial charge in [-0.1, -0.05) is 12.1 Å². The number of halogens is 1. The number of hydrogen-bond donors (Lipinski definition) is 0. The Morgan fingerprint density at radius 1 is 1.47 bits per heavy atom. The van der Waals surface area contributed by atoms with Gasteiger partial charge < -0.3 is 4.49 Å². The third kappa shape index (κ3) is 3.40. The van der Waals surface area contributed by atoms with Crippen molar-refractivity contribution in [1.29, 1.82) is 0 Å². The van der Waals surface area contributed by atoms with Crippen LogP contribution >= 0.6 is 0 Å². The van der Waals surface area contributed by atoms with Crippen molar-refractivity contribution in [3.05, 3.63) is 35.1 Å². The van der Waals surface area contributed by atoms with Crippen molar-refractivity contribution in [2.24, 2.45) is 0 Å². The summed E-state index contributed by atoms with van der Waals surface area (Å²) in [6.07, 6.45) is 2.87. The lowest BCUT2D eigenvalue weighted by Gasteiger charge is -2.22. The molecule has 0 spiro atoms. The molecule has 0 aliphatic carbocycles. The predicted octanol–water partition coefficient (Wildman–Crippen LogP) is 1.16. The van der Waals surface area contributed by atoms with Gasteiger partial charge in [0.15, 0.2) is 0 Å². The number of hydrogen-bond acceptors (Lipinski definition) is 1. The molecular weight excluding hydrogens is 214 g/mol. The van der Waals surface area contributed by atoms with Gasteiger partial charge in [-0.25, -0.2) is 4.39 Å². The van der Waals surface area contributed by atoms with Crippen molar-refractivity contribution in [2.45, 2.75) is 13.3 Å². The van der Waals surface area contributed by atoms with E-state index < -0.39 is 0 Å². The third-order valence-corrected chi connectivity index (χ3v) is 3.20. The molecule has 0 saturated heterocycles. The van der Waals surface area contributed by atoms with Crippen LogP contribution in [0, 0.1) is 12.7 Å². The second-order valence-electron chi connectivity index (χ2n) is 4.55. The Morgan fingerprint density at radius 2 is 2.29 bits per heavy atom. The highest BCUT2D eigenvalue weighted by molar-refractivity contribution is 5.98. The minimum absolute atomic E-state index is 0.110. The van der Waals surface area contributed by atoms with Crippen molar-refractivity contribution in [3.63, 3.8) is 0 Å². The molecule has 0 N–H and O–H groups in total. The first-order valence-electron chi connectivity index (χ1n) is 5.97. The third-order valence-electron chi connectivity index (χ3n) is 3.20. The van der Waals surface area contributed by atoms with Crippen LogP contribution in [0.1, 0.15) is 11.1 Å². The molecule has 88 valence electrons. The summed E-state index contributed by atoms with van der Waals surface area (Å²) in [6.45, 7) is 5.45. The smallest absolute Gasteiger partial charge is 0.325 e. The van der Waals surface area contributed by atoms with Gasteiger partial charge >= 0.3 is 7.98 Å². The largest absolute Gasteiger partial charge is 0.579 e. The van der Waals surface area contributed by atoms with E-state index in [2.05, 4.69) is 4.90 Å². The van der Waals surface area contributed by atoms with Crippen LogP contribution in [-0.2, 0) is 6.42 Å². The molecule has 2 rings (SSSR count). The molecule has 2 nitrogen and oxygen atoms in total. The van der Waals surface area contributed by atoms with Gasteiger partial charge in [0.25, 0.3) is 0 Å². The van der Waals surface area contributed by atoms with E-state index in [0.717, 1.165) is 38.2 Å². The standard InChI is InChI=1S/C13H17BFN2/c1-11-2-3-12(10-13(11)15)4-5-16-6-8-17(14)9-7-16/h2-3,8,10H,4-7,9H2,1H3/q+1. The van der Waals surface area contributed by atoms with Gasteiger partial charge in [0.05, 0.1) is 13.1 Å². The maximum absolute atomic E-state index is 13.4. The molecular formula is C13H17BFN2+. The molecule has 1 aromatic carbocycles. The number of rotatable bonds is 3. The van der Waals surface area contributed by atoms with Crippen LogP contribution in [0.2, 0.25) is 0 Å². The van der Waals surface area contributed by atoms with Gasteiger partial charge in [0, 0.05) is 6.54 Å². The summed E-state index contributed by atoms with van der Waals surface area (Å²) in [6, 6.07) is 5.48. The van der Waals surface area contributed by atoms with Crippen LogP contribution in [0.3, 0.4) is 0 Å². The highest BCUT2D eigenvalue weighted by atomic mass is 19.1. The van der Waals surface area contributed by atoms with Crippen LogP contribution in [0.25, 0.3) is 0 Å². The normalized spacial score (nSPS) is 16.9. The van der Waals surface area contributed by atoms with Crippen LogP contribution in [0.5, 0.6) is 0 Å². The Balaban J connectivity index is 1.87. The van der Waals surface area contributed by atoms with Crippen molar-refractivity contribution in [1.82, 2.24) is 4.90 Å². The summed E-state index contributed by atoms with van der Waals surface area (Å²) in [5.74, 6) is -0.110. The highest BCUT2D eigenvalue weighted by Gasteiger charge is 2.13. The number of aryl methyl sites for hydroxylation is 1. The Kier molecular flexibility index (Phi) is 3.95. The van der Waals surface area contributed by atoms with Crippen LogP contribution in [0.4, 0.5) is 4.39 Å². The lowest BCUT2D eigenvalue weighted by Crippen LogP contribution is -2.39. The van der Waals surface area contributed by atoms with Gasteiger partial charge in [0.2, 0.25) is 0 Å². The zero-order chi connectivity index (χ0) is 12.3. The molecule has 1 aliphatic heterocycles. The first-order valence-corrected chi connectivity index (χ1v) is 5.97. The predicted molar refractivity (Wildman–Crippen MR) is 68.2 cm³/mol. The fourth-order valence-corrected chi connectivity index (χ4v) is 1.94. The minimum Gasteiger partial charge on any atom is -0.325 e. The summed E-state index contributed by atoms with van der Waals surface area (Å²) >= 11 is 0. The molecule has 0 unspecified atom stereocenters. The Labute approximate surface area is 103 Å². The molecule has 1 aromatic rings. The molecule has 17 heavy (non-hydrogen) atoms. The van der Waals surface area contributed by atoms with E-state index in [-0.39, 0.29) is 5.82 Å². The van der Waals surface area contributed by atoms with Gasteiger partial charge in [0.1, 0.15) is 18.6 Å². The zero-order valence-electron chi connectivity index (χ0n) is 10.2. The quantitative estimate of drug-likeness (QED) is 0.707. The first-order chi connectivity index (χ1) is 8.15. The monoisotopic (exact) mass is 231 g/mol. The molecule has 0 bridgehead atoms. The van der Waals surface area contributed by atoms with E-state index in [1.54, 1.807) is 17.5 Å². The lowest BCUT2D eigenvalue weighted by molar-refractivity contribution is -0.378. The zero-order valence-corrected chi connectivity index (χ0v) is 10.2. The molecule has 0 amide bonds. The number of benzene rings is 1. The first kappa shape index (κ1) is 12.3. The Hall–Kier alpha value is -1.16. The van der Waals surface area contributed by atoms with E-state index in [0.29, 0.717) is 5.56 Å². The molecule has 0 fully saturated rings. The average Bonchev–Trinajstić information content (AvgIpc) is 2.33. The molecule has 1 aliphatic rings. The topological polar surface area (TPSA) is 6.25 Å². The van der Waals surface area contributed by atoms with Gasteiger partial charge in [-0.3, -0.25) is 4.90 Å². The summed E-state index contributed by atoms with van der Waals surface area (Å²) in [7, 11) is 5.64. The summed E-state index contributed by atoms with van der Waals surface area (Å²) in [5.41, 5.74) is 1.77. The molecule has 4 heteroatoms. The molecule has 0 aromatic heterocycles. The van der Waals surface area contributed by atoms with Crippen LogP contribution in [-0.4, -0.2) is 49.8 Å². The summed E-state index contributed by atoms with van der Waals surface area (Å²) in [5, 5.41) is 0. The van der Waals surface area contributed by atoms with Gasteiger partial charge in [-0.05, 0) is 30.5 Å². The van der Waals surface area contributed by atoms with Gasteiger partial charge in [-0.15, -0.1) is 0 Å². The average molecular weight is 231 g/mol. The molecule has 0 atom stereocenters. The summed E-state index contributed by atoms with van der Waals surface area (Å²) < 4.78 is 15.1. The van der Waals surface area contributed by atoms with Crippen molar-refractivity contribution in [3.8, 4) is 0 Å². The van der Waals surface area contributed by atoms with E-state index in [1.807, 2.05) is 18.3 Å². The van der Waals surface area contributed by atoms with Gasteiger partial charge in [-0.2, -0.15) is 0 Å².